The van der Waals surface area contributed by atoms with Crippen LogP contribution < -0.4 is 4.48 Å². The van der Waals surface area contributed by atoms with Crippen molar-refractivity contribution >= 4 is 5.69 Å². The highest BCUT2D eigenvalue weighted by atomic mass is 19.3. The van der Waals surface area contributed by atoms with Gasteiger partial charge in [-0.2, -0.15) is 17.6 Å². The summed E-state index contributed by atoms with van der Waals surface area (Å²) in [4.78, 5) is 0. The van der Waals surface area contributed by atoms with E-state index >= 15 is 0 Å². The van der Waals surface area contributed by atoms with E-state index in [4.69, 9.17) is 0 Å². The third-order valence-electron chi connectivity index (χ3n) is 3.43. The number of quaternary nitrogens is 1. The first-order valence-electron chi connectivity index (χ1n) is 5.76. The third kappa shape index (κ3) is 1.72. The van der Waals surface area contributed by atoms with E-state index in [9.17, 15) is 22.0 Å². The number of ether oxygens (including phenoxy) is 1. The van der Waals surface area contributed by atoms with Crippen molar-refractivity contribution in [2.45, 2.75) is 17.8 Å². The van der Waals surface area contributed by atoms with Crippen molar-refractivity contribution < 1.29 is 26.7 Å². The summed E-state index contributed by atoms with van der Waals surface area (Å²) in [5.74, 6) is -13.6. The fraction of sp³-hybridized carbons (Fsp3) is 0.385. The molecule has 2 nitrogen and oxygen atoms in total. The number of hydrogen-bond donors (Lipinski definition) is 0. The van der Waals surface area contributed by atoms with Crippen LogP contribution in [-0.2, 0) is 4.74 Å². The van der Waals surface area contributed by atoms with Crippen molar-refractivity contribution in [3.8, 4) is 0 Å². The average Bonchev–Trinajstić information content (AvgIpc) is 2.37. The van der Waals surface area contributed by atoms with Gasteiger partial charge in [0.15, 0.2) is 0 Å². The summed E-state index contributed by atoms with van der Waals surface area (Å²) >= 11 is 0. The Morgan fingerprint density at radius 2 is 1.50 bits per heavy atom. The molecule has 1 aromatic carbocycles. The van der Waals surface area contributed by atoms with Gasteiger partial charge in [-0.1, -0.05) is 18.2 Å². The fourth-order valence-corrected chi connectivity index (χ4v) is 2.04. The summed E-state index contributed by atoms with van der Waals surface area (Å²) < 4.78 is 72.4. The monoisotopic (exact) mass is 294 g/mol. The van der Waals surface area contributed by atoms with Crippen LogP contribution in [0.1, 0.15) is 0 Å². The molecule has 1 aliphatic heterocycles. The zero-order valence-corrected chi connectivity index (χ0v) is 10.8. The molecule has 1 heterocycles. The lowest BCUT2D eigenvalue weighted by Crippen LogP contribution is -2.73. The summed E-state index contributed by atoms with van der Waals surface area (Å²) in [5, 5.41) is 0. The Hall–Kier alpha value is -1.63. The van der Waals surface area contributed by atoms with Gasteiger partial charge >= 0.3 is 17.8 Å². The molecule has 0 fully saturated rings. The van der Waals surface area contributed by atoms with Crippen LogP contribution in [0.15, 0.2) is 42.7 Å². The maximum absolute atomic E-state index is 14.8. The van der Waals surface area contributed by atoms with Crippen LogP contribution in [0.4, 0.5) is 27.6 Å². The van der Waals surface area contributed by atoms with Crippen LogP contribution in [-0.4, -0.2) is 31.9 Å². The molecule has 0 spiro atoms. The largest absolute Gasteiger partial charge is 0.474 e. The standard InChI is InChI=1S/C13H13F5NO/c1-19(2,10-6-4-3-5-7-10)13(18)12(16,17)11(14,15)8-9-20-13/h3-9H,1-2H3/q+1. The van der Waals surface area contributed by atoms with Gasteiger partial charge in [-0.05, 0) is 12.1 Å². The molecule has 20 heavy (non-hydrogen) atoms. The molecule has 0 aliphatic carbocycles. The Bertz CT molecular complexity index is 529. The minimum atomic E-state index is -5.02. The summed E-state index contributed by atoms with van der Waals surface area (Å²) in [6, 6.07) is 7.30. The normalized spacial score (nSPS) is 27.9. The van der Waals surface area contributed by atoms with E-state index in [0.717, 1.165) is 14.1 Å². The predicted molar refractivity (Wildman–Crippen MR) is 64.0 cm³/mol. The van der Waals surface area contributed by atoms with Crippen molar-refractivity contribution in [2.24, 2.45) is 0 Å². The van der Waals surface area contributed by atoms with E-state index in [0.29, 0.717) is 0 Å². The molecule has 0 saturated heterocycles. The number of hydrogen-bond acceptors (Lipinski definition) is 1. The lowest BCUT2D eigenvalue weighted by atomic mass is 10.0. The summed E-state index contributed by atoms with van der Waals surface area (Å²) in [6.45, 7) is 0. The van der Waals surface area contributed by atoms with E-state index in [2.05, 4.69) is 4.74 Å². The van der Waals surface area contributed by atoms with Crippen LogP contribution in [0.5, 0.6) is 0 Å². The molecule has 1 unspecified atom stereocenters. The van der Waals surface area contributed by atoms with E-state index < -0.39 is 22.3 Å². The highest BCUT2D eigenvalue weighted by Crippen LogP contribution is 2.53. The molecular weight excluding hydrogens is 281 g/mol. The molecular formula is C13H13F5NO+. The number of benzene rings is 1. The van der Waals surface area contributed by atoms with Gasteiger partial charge in [0.05, 0.1) is 20.4 Å². The van der Waals surface area contributed by atoms with Crippen molar-refractivity contribution in [3.05, 3.63) is 42.7 Å². The molecule has 0 radical (unpaired) electrons. The van der Waals surface area contributed by atoms with Crippen molar-refractivity contribution in [1.29, 1.82) is 0 Å². The molecule has 0 amide bonds. The van der Waals surface area contributed by atoms with Crippen molar-refractivity contribution in [2.75, 3.05) is 14.1 Å². The predicted octanol–water partition coefficient (Wildman–Crippen LogP) is 3.69. The molecule has 0 aromatic heterocycles. The second kappa shape index (κ2) is 4.18. The second-order valence-electron chi connectivity index (χ2n) is 4.97. The number of rotatable bonds is 2. The Morgan fingerprint density at radius 3 is 2.05 bits per heavy atom. The van der Waals surface area contributed by atoms with Gasteiger partial charge < -0.3 is 4.74 Å². The molecule has 7 heteroatoms. The van der Waals surface area contributed by atoms with Gasteiger partial charge in [-0.15, -0.1) is 4.39 Å². The summed E-state index contributed by atoms with van der Waals surface area (Å²) in [7, 11) is 2.08. The van der Waals surface area contributed by atoms with Crippen LogP contribution in [0, 0.1) is 0 Å². The number of halogens is 5. The average molecular weight is 294 g/mol. The van der Waals surface area contributed by atoms with Crippen LogP contribution in [0.2, 0.25) is 0 Å². The van der Waals surface area contributed by atoms with Crippen LogP contribution in [0.25, 0.3) is 0 Å². The SMILES string of the molecule is C[N+](C)(c1ccccc1)C1(F)OC=CC(F)(F)C1(F)F. The molecule has 1 aliphatic rings. The lowest BCUT2D eigenvalue weighted by molar-refractivity contribution is -0.373. The number of para-hydroxylation sites is 1. The van der Waals surface area contributed by atoms with Gasteiger partial charge in [0.25, 0.3) is 0 Å². The zero-order chi connectivity index (χ0) is 15.2. The van der Waals surface area contributed by atoms with Gasteiger partial charge in [0.2, 0.25) is 0 Å². The number of alkyl halides is 5. The van der Waals surface area contributed by atoms with Crippen molar-refractivity contribution in [3.63, 3.8) is 0 Å². The fourth-order valence-electron chi connectivity index (χ4n) is 2.04. The maximum atomic E-state index is 14.8. The number of allylic oxidation sites excluding steroid dienone is 1. The van der Waals surface area contributed by atoms with E-state index in [1.165, 1.54) is 24.3 Å². The minimum Gasteiger partial charge on any atom is -0.417 e. The third-order valence-corrected chi connectivity index (χ3v) is 3.43. The van der Waals surface area contributed by atoms with Crippen LogP contribution in [0.3, 0.4) is 0 Å². The second-order valence-corrected chi connectivity index (χ2v) is 4.97. The Balaban J connectivity index is 2.58. The molecule has 1 atom stereocenters. The maximum Gasteiger partial charge on any atom is 0.474 e. The number of nitrogens with zero attached hydrogens (tertiary/aromatic N) is 1. The highest BCUT2D eigenvalue weighted by molar-refractivity contribution is 5.43. The lowest BCUT2D eigenvalue weighted by Gasteiger charge is -2.46. The Kier molecular flexibility index (Phi) is 3.09. The topological polar surface area (TPSA) is 9.23 Å². The summed E-state index contributed by atoms with van der Waals surface area (Å²) in [5.41, 5.74) is 0.0702. The molecule has 2 rings (SSSR count). The first kappa shape index (κ1) is 14.8. The van der Waals surface area contributed by atoms with E-state index in [-0.39, 0.29) is 18.0 Å². The first-order chi connectivity index (χ1) is 9.06. The van der Waals surface area contributed by atoms with E-state index in [1.807, 2.05) is 0 Å². The zero-order valence-electron chi connectivity index (χ0n) is 10.8. The molecule has 110 valence electrons. The molecule has 0 N–H and O–H groups in total. The van der Waals surface area contributed by atoms with Crippen LogP contribution >= 0.6 is 0 Å². The smallest absolute Gasteiger partial charge is 0.417 e. The highest BCUT2D eigenvalue weighted by Gasteiger charge is 2.81. The van der Waals surface area contributed by atoms with Gasteiger partial charge in [-0.25, -0.2) is 4.48 Å². The minimum absolute atomic E-state index is 0.0702. The van der Waals surface area contributed by atoms with Crippen molar-refractivity contribution in [1.82, 2.24) is 4.48 Å². The Morgan fingerprint density at radius 1 is 0.950 bits per heavy atom. The van der Waals surface area contributed by atoms with E-state index in [1.54, 1.807) is 6.07 Å². The van der Waals surface area contributed by atoms with Gasteiger partial charge in [0.1, 0.15) is 5.69 Å². The molecule has 0 bridgehead atoms. The quantitative estimate of drug-likeness (QED) is 0.459. The molecule has 1 aromatic rings. The van der Waals surface area contributed by atoms with Gasteiger partial charge in [0, 0.05) is 6.08 Å². The molecule has 0 saturated carbocycles. The summed E-state index contributed by atoms with van der Waals surface area (Å²) in [6.07, 6.45) is 0.135. The first-order valence-corrected chi connectivity index (χ1v) is 5.76. The Labute approximate surface area is 112 Å². The van der Waals surface area contributed by atoms with Gasteiger partial charge in [-0.3, -0.25) is 0 Å².